The first-order valence-corrected chi connectivity index (χ1v) is 12.6. The molecule has 2 nitrogen and oxygen atoms in total. The highest BCUT2D eigenvalue weighted by Gasteiger charge is 2.34. The second-order valence-corrected chi connectivity index (χ2v) is 9.94. The summed E-state index contributed by atoms with van der Waals surface area (Å²) in [6.45, 7) is 2.46. The van der Waals surface area contributed by atoms with Gasteiger partial charge < -0.3 is 9.47 Å². The van der Waals surface area contributed by atoms with Crippen LogP contribution in [0.2, 0.25) is 0 Å². The molecule has 0 fully saturated rings. The molecule has 3 atom stereocenters. The lowest BCUT2D eigenvalue weighted by Gasteiger charge is -2.27. The van der Waals surface area contributed by atoms with Gasteiger partial charge in [-0.2, -0.15) is 0 Å². The van der Waals surface area contributed by atoms with Crippen LogP contribution in [0.25, 0.3) is 0 Å². The van der Waals surface area contributed by atoms with Gasteiger partial charge in [0.1, 0.15) is 0 Å². The molecule has 0 N–H and O–H groups in total. The van der Waals surface area contributed by atoms with E-state index in [0.717, 1.165) is 24.3 Å². The first-order chi connectivity index (χ1) is 16.2. The van der Waals surface area contributed by atoms with Crippen LogP contribution in [0.4, 0.5) is 0 Å². The van der Waals surface area contributed by atoms with E-state index in [9.17, 15) is 0 Å². The third kappa shape index (κ3) is 4.40. The maximum absolute atomic E-state index is 5.64. The molecule has 0 saturated carbocycles. The van der Waals surface area contributed by atoms with Crippen LogP contribution in [-0.4, -0.2) is 14.2 Å². The lowest BCUT2D eigenvalue weighted by molar-refractivity contribution is 0.347. The van der Waals surface area contributed by atoms with Gasteiger partial charge in [-0.05, 0) is 108 Å². The zero-order chi connectivity index (χ0) is 22.8. The third-order valence-electron chi connectivity index (χ3n) is 8.09. The van der Waals surface area contributed by atoms with Gasteiger partial charge in [0.25, 0.3) is 0 Å². The van der Waals surface area contributed by atoms with Crippen molar-refractivity contribution in [1.82, 2.24) is 0 Å². The summed E-state index contributed by atoms with van der Waals surface area (Å²) in [6.07, 6.45) is 17.8. The molecule has 2 heteroatoms. The SMILES string of the molecule is COc1ccc(C2CC(C3=CC=CC3)=CC2C(C)CCc2cccc3c2CCC3)cc1OC. The summed E-state index contributed by atoms with van der Waals surface area (Å²) < 4.78 is 11.1. The molecule has 172 valence electrons. The summed E-state index contributed by atoms with van der Waals surface area (Å²) in [7, 11) is 3.44. The van der Waals surface area contributed by atoms with Gasteiger partial charge in [0.2, 0.25) is 0 Å². The van der Waals surface area contributed by atoms with E-state index in [0.29, 0.717) is 17.8 Å². The zero-order valence-corrected chi connectivity index (χ0v) is 20.3. The number of benzene rings is 2. The summed E-state index contributed by atoms with van der Waals surface area (Å²) in [5.74, 6) is 3.27. The Labute approximate surface area is 199 Å². The fourth-order valence-electron chi connectivity index (χ4n) is 6.21. The topological polar surface area (TPSA) is 18.5 Å². The number of hydrogen-bond acceptors (Lipinski definition) is 2. The average Bonchev–Trinajstić information content (AvgIpc) is 3.61. The molecule has 0 spiro atoms. The van der Waals surface area contributed by atoms with E-state index < -0.39 is 0 Å². The smallest absolute Gasteiger partial charge is 0.160 e. The number of ether oxygens (including phenoxy) is 2. The van der Waals surface area contributed by atoms with Crippen molar-refractivity contribution < 1.29 is 9.47 Å². The minimum absolute atomic E-state index is 0.484. The summed E-state index contributed by atoms with van der Waals surface area (Å²) in [6, 6.07) is 13.5. The van der Waals surface area contributed by atoms with Crippen LogP contribution in [0.5, 0.6) is 11.5 Å². The van der Waals surface area contributed by atoms with Crippen molar-refractivity contribution in [2.45, 2.75) is 57.8 Å². The van der Waals surface area contributed by atoms with Crippen LogP contribution in [0.15, 0.2) is 71.8 Å². The quantitative estimate of drug-likeness (QED) is 0.426. The molecule has 0 aromatic heterocycles. The van der Waals surface area contributed by atoms with E-state index in [4.69, 9.17) is 9.47 Å². The van der Waals surface area contributed by atoms with Gasteiger partial charge in [-0.3, -0.25) is 0 Å². The molecule has 0 radical (unpaired) electrons. The van der Waals surface area contributed by atoms with Crippen molar-refractivity contribution in [1.29, 1.82) is 0 Å². The molecule has 5 rings (SSSR count). The number of hydrogen-bond donors (Lipinski definition) is 0. The molecule has 2 aromatic carbocycles. The van der Waals surface area contributed by atoms with E-state index in [1.807, 2.05) is 0 Å². The Bertz CT molecular complexity index is 1100. The summed E-state index contributed by atoms with van der Waals surface area (Å²) in [5, 5.41) is 0. The van der Waals surface area contributed by atoms with E-state index >= 15 is 0 Å². The molecule has 0 aliphatic heterocycles. The van der Waals surface area contributed by atoms with E-state index in [-0.39, 0.29) is 0 Å². The van der Waals surface area contributed by atoms with Gasteiger partial charge >= 0.3 is 0 Å². The Morgan fingerprint density at radius 3 is 2.67 bits per heavy atom. The second-order valence-electron chi connectivity index (χ2n) is 9.94. The average molecular weight is 441 g/mol. The second kappa shape index (κ2) is 9.63. The van der Waals surface area contributed by atoms with Crippen LogP contribution < -0.4 is 9.47 Å². The molecule has 0 saturated heterocycles. The van der Waals surface area contributed by atoms with E-state index in [2.05, 4.69) is 67.6 Å². The van der Waals surface area contributed by atoms with Gasteiger partial charge in [0.15, 0.2) is 11.5 Å². The molecule has 0 amide bonds. The van der Waals surface area contributed by atoms with E-state index in [1.165, 1.54) is 48.8 Å². The van der Waals surface area contributed by atoms with Crippen LogP contribution >= 0.6 is 0 Å². The maximum Gasteiger partial charge on any atom is 0.160 e. The predicted molar refractivity (Wildman–Crippen MR) is 136 cm³/mol. The van der Waals surface area contributed by atoms with Crippen molar-refractivity contribution in [3.63, 3.8) is 0 Å². The maximum atomic E-state index is 5.64. The van der Waals surface area contributed by atoms with Gasteiger partial charge in [-0.1, -0.05) is 55.5 Å². The molecule has 0 bridgehead atoms. The molecular formula is C31H36O2. The zero-order valence-electron chi connectivity index (χ0n) is 20.3. The standard InChI is InChI=1S/C31H36O2/c1-21(14-15-24-11-6-10-23-12-7-13-27(23)24)28-18-26(22-8-4-5-9-22)19-29(28)25-16-17-30(32-2)31(20-25)33-3/h4-6,8,10-11,16-18,20-21,28-29H,7,9,12-15,19H2,1-3H3. The van der Waals surface area contributed by atoms with Gasteiger partial charge in [0, 0.05) is 0 Å². The third-order valence-corrected chi connectivity index (χ3v) is 8.09. The van der Waals surface area contributed by atoms with Crippen LogP contribution in [0.3, 0.4) is 0 Å². The molecule has 3 aliphatic carbocycles. The lowest BCUT2D eigenvalue weighted by atomic mass is 9.78. The fourth-order valence-corrected chi connectivity index (χ4v) is 6.21. The molecule has 3 unspecified atom stereocenters. The highest BCUT2D eigenvalue weighted by Crippen LogP contribution is 2.48. The van der Waals surface area contributed by atoms with Crippen molar-refractivity contribution in [3.05, 3.63) is 94.1 Å². The number of allylic oxidation sites excluding steroid dienone is 6. The van der Waals surface area contributed by atoms with Gasteiger partial charge in [-0.25, -0.2) is 0 Å². The molecule has 0 heterocycles. The number of aryl methyl sites for hydroxylation is 2. The molecule has 2 aromatic rings. The van der Waals surface area contributed by atoms with Crippen molar-refractivity contribution in [2.24, 2.45) is 11.8 Å². The van der Waals surface area contributed by atoms with Crippen molar-refractivity contribution >= 4 is 0 Å². The van der Waals surface area contributed by atoms with Crippen LogP contribution in [0, 0.1) is 11.8 Å². The van der Waals surface area contributed by atoms with Crippen molar-refractivity contribution in [3.8, 4) is 11.5 Å². The minimum Gasteiger partial charge on any atom is -0.493 e. The number of fused-ring (bicyclic) bond motifs is 1. The van der Waals surface area contributed by atoms with Gasteiger partial charge in [0.05, 0.1) is 14.2 Å². The van der Waals surface area contributed by atoms with Gasteiger partial charge in [-0.15, -0.1) is 0 Å². The van der Waals surface area contributed by atoms with Crippen LogP contribution in [-0.2, 0) is 19.3 Å². The summed E-state index contributed by atoms with van der Waals surface area (Å²) in [4.78, 5) is 0. The Morgan fingerprint density at radius 1 is 1.00 bits per heavy atom. The highest BCUT2D eigenvalue weighted by atomic mass is 16.5. The Morgan fingerprint density at radius 2 is 1.88 bits per heavy atom. The Hall–Kier alpha value is -2.74. The number of methoxy groups -OCH3 is 2. The fraction of sp³-hybridized carbons (Fsp3) is 0.419. The molecule has 33 heavy (non-hydrogen) atoms. The lowest BCUT2D eigenvalue weighted by Crippen LogP contribution is -2.16. The minimum atomic E-state index is 0.484. The highest BCUT2D eigenvalue weighted by molar-refractivity contribution is 5.48. The predicted octanol–water partition coefficient (Wildman–Crippen LogP) is 7.38. The Kier molecular flexibility index (Phi) is 6.44. The Balaban J connectivity index is 1.39. The van der Waals surface area contributed by atoms with E-state index in [1.54, 1.807) is 30.9 Å². The molecule has 3 aliphatic rings. The normalized spacial score (nSPS) is 22.2. The van der Waals surface area contributed by atoms with Crippen molar-refractivity contribution in [2.75, 3.05) is 14.2 Å². The summed E-state index contributed by atoms with van der Waals surface area (Å²) >= 11 is 0. The first-order valence-electron chi connectivity index (χ1n) is 12.6. The summed E-state index contributed by atoms with van der Waals surface area (Å²) in [5.41, 5.74) is 9.22. The first kappa shape index (κ1) is 22.1. The molecular weight excluding hydrogens is 404 g/mol. The largest absolute Gasteiger partial charge is 0.493 e. The number of rotatable bonds is 8. The van der Waals surface area contributed by atoms with Crippen LogP contribution in [0.1, 0.15) is 60.8 Å². The monoisotopic (exact) mass is 440 g/mol.